The fraction of sp³-hybridized carbons (Fsp3) is 0.417. The highest BCUT2D eigenvalue weighted by atomic mass is 16.2. The first-order valence-electron chi connectivity index (χ1n) is 10.9. The van der Waals surface area contributed by atoms with E-state index in [9.17, 15) is 14.4 Å². The Bertz CT molecular complexity index is 1080. The summed E-state index contributed by atoms with van der Waals surface area (Å²) < 4.78 is 0. The van der Waals surface area contributed by atoms with Gasteiger partial charge in [-0.3, -0.25) is 14.4 Å². The molecule has 3 rings (SSSR count). The van der Waals surface area contributed by atoms with Gasteiger partial charge in [-0.25, -0.2) is 9.97 Å². The molecule has 172 valence electrons. The summed E-state index contributed by atoms with van der Waals surface area (Å²) in [5.41, 5.74) is 0.784. The number of nitriles is 1. The molecular formula is C24H28N6O3. The van der Waals surface area contributed by atoms with Crippen molar-refractivity contribution in [1.82, 2.24) is 20.2 Å². The molecule has 1 fully saturated rings. The molecule has 0 radical (unpaired) electrons. The van der Waals surface area contributed by atoms with Crippen LogP contribution in [0.2, 0.25) is 0 Å². The minimum absolute atomic E-state index is 0.0617. The predicted octanol–water partition coefficient (Wildman–Crippen LogP) is 2.76. The Kier molecular flexibility index (Phi) is 7.38. The molecule has 2 aromatic rings. The number of hydrogen-bond acceptors (Lipinski definition) is 6. The van der Waals surface area contributed by atoms with Crippen molar-refractivity contribution >= 4 is 23.5 Å². The van der Waals surface area contributed by atoms with E-state index in [1.807, 2.05) is 26.8 Å². The first kappa shape index (κ1) is 23.9. The van der Waals surface area contributed by atoms with Gasteiger partial charge >= 0.3 is 0 Å². The van der Waals surface area contributed by atoms with E-state index < -0.39 is 5.91 Å². The molecule has 9 heteroatoms. The van der Waals surface area contributed by atoms with Crippen molar-refractivity contribution in [3.63, 3.8) is 0 Å². The highest BCUT2D eigenvalue weighted by Gasteiger charge is 2.27. The van der Waals surface area contributed by atoms with E-state index in [1.54, 1.807) is 29.2 Å². The minimum atomic E-state index is -0.416. The van der Waals surface area contributed by atoms with Gasteiger partial charge in [0, 0.05) is 43.5 Å². The quantitative estimate of drug-likeness (QED) is 0.724. The van der Waals surface area contributed by atoms with Crippen LogP contribution < -0.4 is 10.6 Å². The summed E-state index contributed by atoms with van der Waals surface area (Å²) in [7, 11) is 0. The van der Waals surface area contributed by atoms with E-state index in [0.29, 0.717) is 37.1 Å². The number of nitrogens with one attached hydrogen (secondary N) is 2. The molecular weight excluding hydrogens is 420 g/mol. The largest absolute Gasteiger partial charge is 0.348 e. The lowest BCUT2D eigenvalue weighted by Gasteiger charge is -2.32. The molecule has 9 nitrogen and oxygen atoms in total. The third-order valence-electron chi connectivity index (χ3n) is 5.22. The number of amides is 3. The van der Waals surface area contributed by atoms with Crippen LogP contribution in [0.25, 0.3) is 0 Å². The molecule has 1 aromatic carbocycles. The highest BCUT2D eigenvalue weighted by Crippen LogP contribution is 2.20. The molecule has 0 bridgehead atoms. The molecule has 0 saturated carbocycles. The van der Waals surface area contributed by atoms with Gasteiger partial charge in [0.2, 0.25) is 5.91 Å². The van der Waals surface area contributed by atoms with Crippen LogP contribution in [0.4, 0.5) is 5.82 Å². The minimum Gasteiger partial charge on any atom is -0.348 e. The number of rotatable bonds is 5. The van der Waals surface area contributed by atoms with Crippen molar-refractivity contribution in [1.29, 1.82) is 5.26 Å². The summed E-state index contributed by atoms with van der Waals surface area (Å²) in [5.74, 6) is -0.645. The number of carbonyl (C=O) groups excluding carboxylic acids is 3. The fourth-order valence-electron chi connectivity index (χ4n) is 3.64. The van der Waals surface area contributed by atoms with Crippen LogP contribution in [0.1, 0.15) is 66.4 Å². The van der Waals surface area contributed by atoms with E-state index in [1.165, 1.54) is 12.4 Å². The lowest BCUT2D eigenvalue weighted by molar-refractivity contribution is -0.117. The SMILES string of the molecule is CC(C)(C)CC(=O)Nc1nccnc1C(=O)NC1CCN(C(=O)c2cccc(C#N)c2)CC1. The molecule has 0 spiro atoms. The van der Waals surface area contributed by atoms with Crippen molar-refractivity contribution in [2.45, 2.75) is 46.1 Å². The van der Waals surface area contributed by atoms with Crippen LogP contribution in [0.15, 0.2) is 36.7 Å². The Labute approximate surface area is 193 Å². The van der Waals surface area contributed by atoms with Crippen molar-refractivity contribution in [3.8, 4) is 6.07 Å². The van der Waals surface area contributed by atoms with Crippen LogP contribution in [-0.4, -0.2) is 51.7 Å². The fourth-order valence-corrected chi connectivity index (χ4v) is 3.64. The van der Waals surface area contributed by atoms with Crippen LogP contribution in [-0.2, 0) is 4.79 Å². The predicted molar refractivity (Wildman–Crippen MR) is 122 cm³/mol. The normalized spacial score (nSPS) is 14.3. The van der Waals surface area contributed by atoms with Crippen LogP contribution in [0.5, 0.6) is 0 Å². The Hall–Kier alpha value is -3.80. The van der Waals surface area contributed by atoms with Gasteiger partial charge in [-0.2, -0.15) is 5.26 Å². The molecule has 1 aliphatic heterocycles. The number of anilines is 1. The molecule has 2 heterocycles. The van der Waals surface area contributed by atoms with Gasteiger partial charge in [-0.1, -0.05) is 26.8 Å². The topological polar surface area (TPSA) is 128 Å². The summed E-state index contributed by atoms with van der Waals surface area (Å²) in [6.07, 6.45) is 4.29. The molecule has 0 aliphatic carbocycles. The first-order valence-corrected chi connectivity index (χ1v) is 10.9. The zero-order valence-electron chi connectivity index (χ0n) is 19.1. The van der Waals surface area contributed by atoms with E-state index >= 15 is 0 Å². The molecule has 3 amide bonds. The number of aromatic nitrogens is 2. The lowest BCUT2D eigenvalue weighted by Crippen LogP contribution is -2.46. The van der Waals surface area contributed by atoms with Crippen LogP contribution in [0.3, 0.4) is 0 Å². The Balaban J connectivity index is 1.58. The van der Waals surface area contributed by atoms with Crippen molar-refractivity contribution in [2.24, 2.45) is 5.41 Å². The van der Waals surface area contributed by atoms with Gasteiger partial charge in [-0.15, -0.1) is 0 Å². The third-order valence-corrected chi connectivity index (χ3v) is 5.22. The molecule has 2 N–H and O–H groups in total. The maximum absolute atomic E-state index is 12.8. The average molecular weight is 449 g/mol. The van der Waals surface area contributed by atoms with Crippen molar-refractivity contribution in [3.05, 3.63) is 53.5 Å². The number of carbonyl (C=O) groups is 3. The second-order valence-corrected chi connectivity index (χ2v) is 9.27. The smallest absolute Gasteiger partial charge is 0.273 e. The lowest BCUT2D eigenvalue weighted by atomic mass is 9.92. The van der Waals surface area contributed by atoms with Gasteiger partial charge in [0.15, 0.2) is 11.5 Å². The molecule has 0 atom stereocenters. The summed E-state index contributed by atoms with van der Waals surface area (Å²) in [6, 6.07) is 8.54. The summed E-state index contributed by atoms with van der Waals surface area (Å²) in [4.78, 5) is 47.8. The number of benzene rings is 1. The monoisotopic (exact) mass is 448 g/mol. The zero-order valence-corrected chi connectivity index (χ0v) is 19.1. The zero-order chi connectivity index (χ0) is 24.0. The van der Waals surface area contributed by atoms with Gasteiger partial charge in [-0.05, 0) is 36.5 Å². The summed E-state index contributed by atoms with van der Waals surface area (Å²) in [5, 5.41) is 14.7. The van der Waals surface area contributed by atoms with Crippen LogP contribution >= 0.6 is 0 Å². The molecule has 0 unspecified atom stereocenters. The second kappa shape index (κ2) is 10.2. The van der Waals surface area contributed by atoms with Crippen molar-refractivity contribution < 1.29 is 14.4 Å². The van der Waals surface area contributed by atoms with E-state index in [0.717, 1.165) is 0 Å². The first-order chi connectivity index (χ1) is 15.7. The van der Waals surface area contributed by atoms with Gasteiger partial charge in [0.1, 0.15) is 0 Å². The maximum Gasteiger partial charge on any atom is 0.273 e. The van der Waals surface area contributed by atoms with Gasteiger partial charge in [0.25, 0.3) is 11.8 Å². The highest BCUT2D eigenvalue weighted by molar-refractivity contribution is 6.01. The van der Waals surface area contributed by atoms with E-state index in [4.69, 9.17) is 5.26 Å². The number of likely N-dealkylation sites (tertiary alicyclic amines) is 1. The Morgan fingerprint density at radius 2 is 1.85 bits per heavy atom. The average Bonchev–Trinajstić information content (AvgIpc) is 2.78. The summed E-state index contributed by atoms with van der Waals surface area (Å²) >= 11 is 0. The molecule has 1 aromatic heterocycles. The molecule has 1 aliphatic rings. The number of hydrogen-bond donors (Lipinski definition) is 2. The number of nitrogens with zero attached hydrogens (tertiary/aromatic N) is 4. The van der Waals surface area contributed by atoms with E-state index in [-0.39, 0.29) is 41.2 Å². The summed E-state index contributed by atoms with van der Waals surface area (Å²) in [6.45, 7) is 6.82. The standard InChI is InChI=1S/C24H28N6O3/c1-24(2,3)14-19(31)29-21-20(26-9-10-27-21)22(32)28-18-7-11-30(12-8-18)23(33)17-6-4-5-16(13-17)15-25/h4-6,9-10,13,18H,7-8,11-12,14H2,1-3H3,(H,28,32)(H,27,29,31). The second-order valence-electron chi connectivity index (χ2n) is 9.27. The van der Waals surface area contributed by atoms with Gasteiger partial charge < -0.3 is 15.5 Å². The van der Waals surface area contributed by atoms with Gasteiger partial charge in [0.05, 0.1) is 11.6 Å². The van der Waals surface area contributed by atoms with E-state index in [2.05, 4.69) is 20.6 Å². The Morgan fingerprint density at radius 3 is 2.52 bits per heavy atom. The maximum atomic E-state index is 12.8. The Morgan fingerprint density at radius 1 is 1.15 bits per heavy atom. The molecule has 33 heavy (non-hydrogen) atoms. The van der Waals surface area contributed by atoms with Crippen molar-refractivity contribution in [2.75, 3.05) is 18.4 Å². The third kappa shape index (κ3) is 6.59. The van der Waals surface area contributed by atoms with Crippen LogP contribution in [0, 0.1) is 16.7 Å². The number of piperidine rings is 1. The molecule has 1 saturated heterocycles.